The van der Waals surface area contributed by atoms with Crippen LogP contribution in [0.1, 0.15) is 58.8 Å². The van der Waals surface area contributed by atoms with Crippen LogP contribution >= 0.6 is 27.7 Å². The quantitative estimate of drug-likeness (QED) is 0.0932. The van der Waals surface area contributed by atoms with Crippen molar-refractivity contribution < 1.29 is 24.2 Å². The number of alkyl halides is 1. The molecule has 3 aliphatic heterocycles. The number of fused-ring (bicyclic) bond motifs is 1. The Morgan fingerprint density at radius 2 is 1.77 bits per heavy atom. The van der Waals surface area contributed by atoms with Crippen LogP contribution in [0.4, 0.5) is 11.4 Å². The van der Waals surface area contributed by atoms with E-state index in [0.29, 0.717) is 32.4 Å². The molecule has 8 nitrogen and oxygen atoms in total. The van der Waals surface area contributed by atoms with E-state index in [0.717, 1.165) is 50.1 Å². The second-order valence-corrected chi connectivity index (χ2v) is 14.6. The van der Waals surface area contributed by atoms with Crippen LogP contribution in [0.15, 0.2) is 49.6 Å². The van der Waals surface area contributed by atoms with Gasteiger partial charge in [0.15, 0.2) is 0 Å². The zero-order valence-electron chi connectivity index (χ0n) is 26.2. The van der Waals surface area contributed by atoms with Crippen LogP contribution in [0.2, 0.25) is 0 Å². The Kier molecular flexibility index (Phi) is 12.4. The van der Waals surface area contributed by atoms with Crippen molar-refractivity contribution in [2.75, 3.05) is 49.2 Å². The van der Waals surface area contributed by atoms with Gasteiger partial charge < -0.3 is 24.5 Å². The third kappa shape index (κ3) is 6.77. The van der Waals surface area contributed by atoms with E-state index in [1.165, 1.54) is 0 Å². The molecule has 3 fully saturated rings. The molecule has 1 aromatic carbocycles. The fraction of sp³-hybridized carbons (Fsp3) is 0.618. The number of amides is 2. The van der Waals surface area contributed by atoms with Crippen molar-refractivity contribution in [2.24, 2.45) is 11.8 Å². The predicted octanol–water partition coefficient (Wildman–Crippen LogP) is 5.58. The van der Waals surface area contributed by atoms with Gasteiger partial charge in [-0.2, -0.15) is 0 Å². The largest absolute Gasteiger partial charge is 0.465 e. The predicted molar refractivity (Wildman–Crippen MR) is 182 cm³/mol. The molecule has 2 amide bonds. The first kappa shape index (κ1) is 34.6. The van der Waals surface area contributed by atoms with Crippen molar-refractivity contribution in [3.63, 3.8) is 0 Å². The molecule has 0 saturated carbocycles. The standard InChI is InChI=1S/C34H48BrN3O5S/c1-5-9-14-22-43-33(42)27-28-31(40)38(20-12-10-11-13-21-39)30(34(28)23-26(35)29(27)44-34)32(41)37(19-6-2)25-17-15-24(16-18-25)36(7-3)8-4/h5-6,15-18,26-30,39H,1-2,7-14,19-23H2,3-4H3/t26?,27-,28+,29-,30?,34?/m1/s1. The normalized spacial score (nSPS) is 26.9. The van der Waals surface area contributed by atoms with E-state index in [1.807, 2.05) is 24.3 Å². The molecule has 0 radical (unpaired) electrons. The van der Waals surface area contributed by atoms with Crippen molar-refractivity contribution in [1.82, 2.24) is 4.90 Å². The van der Waals surface area contributed by atoms with Crippen LogP contribution in [-0.4, -0.2) is 88.0 Å². The molecule has 3 aliphatic rings. The molecular weight excluding hydrogens is 642 g/mol. The number of carbonyl (C=O) groups is 3. The van der Waals surface area contributed by atoms with Gasteiger partial charge in [0.2, 0.25) is 5.91 Å². The average molecular weight is 691 g/mol. The number of unbranched alkanes of at least 4 members (excludes halogenated alkanes) is 4. The minimum Gasteiger partial charge on any atom is -0.465 e. The number of thioether (sulfide) groups is 1. The highest BCUT2D eigenvalue weighted by Crippen LogP contribution is 2.68. The van der Waals surface area contributed by atoms with Gasteiger partial charge in [-0.25, -0.2) is 0 Å². The summed E-state index contributed by atoms with van der Waals surface area (Å²) in [6, 6.07) is 7.29. The molecule has 10 heteroatoms. The molecule has 1 N–H and O–H groups in total. The summed E-state index contributed by atoms with van der Waals surface area (Å²) in [5.74, 6) is -1.82. The number of nitrogens with zero attached hydrogens (tertiary/aromatic N) is 3. The van der Waals surface area contributed by atoms with Gasteiger partial charge in [0.25, 0.3) is 5.91 Å². The van der Waals surface area contributed by atoms with Crippen molar-refractivity contribution in [3.8, 4) is 0 Å². The zero-order valence-corrected chi connectivity index (χ0v) is 28.6. The maximum absolute atomic E-state index is 14.8. The Bertz CT molecular complexity index is 1180. The SMILES string of the molecule is C=CCCCOC(=O)[C@H]1[C@@H]2SC3(CC2Br)C(C(=O)N(CC=C)c2ccc(N(CC)CC)cc2)N(CCCCCCO)C(=O)[C@H]13. The van der Waals surface area contributed by atoms with E-state index >= 15 is 0 Å². The van der Waals surface area contributed by atoms with Gasteiger partial charge >= 0.3 is 5.97 Å². The summed E-state index contributed by atoms with van der Waals surface area (Å²) >= 11 is 5.47. The van der Waals surface area contributed by atoms with Crippen molar-refractivity contribution >= 4 is 56.9 Å². The first-order valence-corrected chi connectivity index (χ1v) is 17.9. The highest BCUT2D eigenvalue weighted by molar-refractivity contribution is 9.09. The maximum atomic E-state index is 14.8. The third-order valence-electron chi connectivity index (χ3n) is 9.27. The second kappa shape index (κ2) is 15.8. The van der Waals surface area contributed by atoms with Gasteiger partial charge in [0.1, 0.15) is 6.04 Å². The number of anilines is 2. The first-order valence-electron chi connectivity index (χ1n) is 16.1. The number of halogens is 1. The number of benzene rings is 1. The molecule has 0 aromatic heterocycles. The molecule has 44 heavy (non-hydrogen) atoms. The summed E-state index contributed by atoms with van der Waals surface area (Å²) in [5.41, 5.74) is 1.85. The molecule has 3 heterocycles. The summed E-state index contributed by atoms with van der Waals surface area (Å²) in [5, 5.41) is 9.09. The number of aliphatic hydroxyl groups is 1. The van der Waals surface area contributed by atoms with E-state index in [2.05, 4.69) is 47.8 Å². The second-order valence-electron chi connectivity index (χ2n) is 11.9. The number of hydrogen-bond donors (Lipinski definition) is 1. The van der Waals surface area contributed by atoms with Crippen LogP contribution < -0.4 is 9.80 Å². The molecule has 3 saturated heterocycles. The molecule has 3 unspecified atom stereocenters. The maximum Gasteiger partial charge on any atom is 0.310 e. The number of carbonyl (C=O) groups excluding carboxylic acids is 3. The van der Waals surface area contributed by atoms with Gasteiger partial charge in [-0.15, -0.1) is 24.9 Å². The molecule has 0 aliphatic carbocycles. The number of esters is 1. The van der Waals surface area contributed by atoms with Crippen LogP contribution in [0.5, 0.6) is 0 Å². The van der Waals surface area contributed by atoms with Gasteiger partial charge in [0.05, 0.1) is 23.2 Å². The monoisotopic (exact) mass is 689 g/mol. The molecule has 2 bridgehead atoms. The lowest BCUT2D eigenvalue weighted by atomic mass is 9.71. The lowest BCUT2D eigenvalue weighted by molar-refractivity contribution is -0.154. The first-order chi connectivity index (χ1) is 21.3. The summed E-state index contributed by atoms with van der Waals surface area (Å²) < 4.78 is 4.98. The summed E-state index contributed by atoms with van der Waals surface area (Å²) in [6.45, 7) is 14.8. The Labute approximate surface area is 275 Å². The van der Waals surface area contributed by atoms with Crippen LogP contribution in [0.3, 0.4) is 0 Å². The smallest absolute Gasteiger partial charge is 0.310 e. The van der Waals surface area contributed by atoms with E-state index in [-0.39, 0.29) is 41.1 Å². The van der Waals surface area contributed by atoms with E-state index in [1.54, 1.807) is 33.7 Å². The Morgan fingerprint density at radius 1 is 1.09 bits per heavy atom. The number of allylic oxidation sites excluding steroid dienone is 1. The van der Waals surface area contributed by atoms with Crippen LogP contribution in [-0.2, 0) is 19.1 Å². The number of ether oxygens (including phenoxy) is 1. The molecule has 1 aromatic rings. The average Bonchev–Trinajstić information content (AvgIpc) is 3.62. The lowest BCUT2D eigenvalue weighted by Crippen LogP contribution is -2.55. The van der Waals surface area contributed by atoms with Gasteiger partial charge in [-0.05, 0) is 70.2 Å². The molecule has 242 valence electrons. The molecule has 1 spiro atoms. The highest BCUT2D eigenvalue weighted by Gasteiger charge is 2.76. The Morgan fingerprint density at radius 3 is 2.41 bits per heavy atom. The molecule has 6 atom stereocenters. The number of rotatable bonds is 18. The minimum atomic E-state index is -0.733. The van der Waals surface area contributed by atoms with Crippen molar-refractivity contribution in [3.05, 3.63) is 49.6 Å². The van der Waals surface area contributed by atoms with Gasteiger partial charge in [-0.3, -0.25) is 14.4 Å². The number of hydrogen-bond acceptors (Lipinski definition) is 7. The Hall–Kier alpha value is -2.30. The van der Waals surface area contributed by atoms with Crippen molar-refractivity contribution in [2.45, 2.75) is 79.7 Å². The third-order valence-corrected chi connectivity index (χ3v) is 12.5. The lowest BCUT2D eigenvalue weighted by Gasteiger charge is -2.38. The Balaban J connectivity index is 1.68. The summed E-state index contributed by atoms with van der Waals surface area (Å²) in [6.07, 6.45) is 8.71. The summed E-state index contributed by atoms with van der Waals surface area (Å²) in [4.78, 5) is 48.4. The van der Waals surface area contributed by atoms with Crippen LogP contribution in [0, 0.1) is 11.8 Å². The topological polar surface area (TPSA) is 90.4 Å². The van der Waals surface area contributed by atoms with Gasteiger partial charge in [-0.1, -0.05) is 40.9 Å². The van der Waals surface area contributed by atoms with E-state index in [9.17, 15) is 19.5 Å². The minimum absolute atomic E-state index is 0.0108. The van der Waals surface area contributed by atoms with Gasteiger partial charge in [0, 0.05) is 54.2 Å². The van der Waals surface area contributed by atoms with E-state index in [4.69, 9.17) is 4.74 Å². The van der Waals surface area contributed by atoms with E-state index < -0.39 is 22.6 Å². The number of aliphatic hydroxyl groups excluding tert-OH is 1. The summed E-state index contributed by atoms with van der Waals surface area (Å²) in [7, 11) is 0. The van der Waals surface area contributed by atoms with Crippen LogP contribution in [0.25, 0.3) is 0 Å². The molecular formula is C34H48BrN3O5S. The molecule has 4 rings (SSSR count). The number of likely N-dealkylation sites (tertiary alicyclic amines) is 1. The fourth-order valence-corrected chi connectivity index (χ4v) is 10.8. The van der Waals surface area contributed by atoms with Crippen molar-refractivity contribution in [1.29, 1.82) is 0 Å². The zero-order chi connectivity index (χ0) is 31.9. The highest BCUT2D eigenvalue weighted by atomic mass is 79.9. The fourth-order valence-electron chi connectivity index (χ4n) is 7.19.